The Bertz CT molecular complexity index is 692. The Labute approximate surface area is 136 Å². The minimum atomic E-state index is -0.312. The summed E-state index contributed by atoms with van der Waals surface area (Å²) in [6.07, 6.45) is 0.834. The van der Waals surface area contributed by atoms with Crippen molar-refractivity contribution < 1.29 is 9.13 Å². The van der Waals surface area contributed by atoms with Crippen molar-refractivity contribution in [3.63, 3.8) is 0 Å². The van der Waals surface area contributed by atoms with E-state index in [2.05, 4.69) is 21.2 Å². The molecule has 1 unspecified atom stereocenters. The molecule has 0 fully saturated rings. The van der Waals surface area contributed by atoms with E-state index in [1.165, 1.54) is 0 Å². The normalized spacial score (nSPS) is 14.7. The molecule has 2 nitrogen and oxygen atoms in total. The average molecular weight is 371 g/mol. The van der Waals surface area contributed by atoms with E-state index in [-0.39, 0.29) is 11.9 Å². The fourth-order valence-corrected chi connectivity index (χ4v) is 3.37. The van der Waals surface area contributed by atoms with Crippen molar-refractivity contribution in [2.24, 2.45) is 0 Å². The Kier molecular flexibility index (Phi) is 4.20. The summed E-state index contributed by atoms with van der Waals surface area (Å²) in [4.78, 5) is 0. The van der Waals surface area contributed by atoms with Gasteiger partial charge in [0, 0.05) is 22.6 Å². The van der Waals surface area contributed by atoms with E-state index in [0.717, 1.165) is 23.3 Å². The predicted molar refractivity (Wildman–Crippen MR) is 85.7 cm³/mol. The number of nitrogens with one attached hydrogen (secondary N) is 1. The third-order valence-electron chi connectivity index (χ3n) is 3.67. The molecule has 0 aromatic heterocycles. The van der Waals surface area contributed by atoms with E-state index in [1.54, 1.807) is 19.2 Å². The highest BCUT2D eigenvalue weighted by Crippen LogP contribution is 2.39. The van der Waals surface area contributed by atoms with Crippen LogP contribution in [0.1, 0.15) is 22.7 Å². The smallest absolute Gasteiger partial charge is 0.142 e. The molecule has 0 spiro atoms. The zero-order chi connectivity index (χ0) is 15.0. The van der Waals surface area contributed by atoms with Crippen molar-refractivity contribution in [2.75, 3.05) is 13.7 Å². The minimum absolute atomic E-state index is 0.274. The van der Waals surface area contributed by atoms with E-state index in [0.29, 0.717) is 21.7 Å². The summed E-state index contributed by atoms with van der Waals surface area (Å²) < 4.78 is 20.6. The van der Waals surface area contributed by atoms with Gasteiger partial charge >= 0.3 is 0 Å². The Morgan fingerprint density at radius 2 is 2.14 bits per heavy atom. The van der Waals surface area contributed by atoms with Gasteiger partial charge in [-0.25, -0.2) is 4.39 Å². The molecule has 0 aliphatic carbocycles. The lowest BCUT2D eigenvalue weighted by Gasteiger charge is -2.21. The quantitative estimate of drug-likeness (QED) is 0.860. The van der Waals surface area contributed by atoms with Crippen LogP contribution < -0.4 is 10.1 Å². The first-order valence-electron chi connectivity index (χ1n) is 6.68. The molecule has 1 aliphatic heterocycles. The Morgan fingerprint density at radius 3 is 2.90 bits per heavy atom. The van der Waals surface area contributed by atoms with Crippen LogP contribution in [-0.4, -0.2) is 13.7 Å². The van der Waals surface area contributed by atoms with Gasteiger partial charge < -0.3 is 10.1 Å². The summed E-state index contributed by atoms with van der Waals surface area (Å²) in [6.45, 7) is 0.639. The predicted octanol–water partition coefficient (Wildman–Crippen LogP) is 4.49. The van der Waals surface area contributed by atoms with E-state index < -0.39 is 0 Å². The molecule has 21 heavy (non-hydrogen) atoms. The van der Waals surface area contributed by atoms with Gasteiger partial charge in [-0.05, 0) is 46.7 Å². The molecule has 0 saturated heterocycles. The number of ether oxygens (including phenoxy) is 1. The van der Waals surface area contributed by atoms with Crippen LogP contribution in [0.5, 0.6) is 5.75 Å². The summed E-state index contributed by atoms with van der Waals surface area (Å²) in [7, 11) is 1.80. The molecule has 1 atom stereocenters. The molecule has 3 rings (SSSR count). The van der Waals surface area contributed by atoms with Crippen molar-refractivity contribution in [1.29, 1.82) is 0 Å². The van der Waals surface area contributed by atoms with Gasteiger partial charge in [-0.2, -0.15) is 0 Å². The van der Waals surface area contributed by atoms with Crippen molar-refractivity contribution >= 4 is 27.5 Å². The second-order valence-corrected chi connectivity index (χ2v) is 6.24. The highest BCUT2D eigenvalue weighted by Gasteiger charge is 2.25. The maximum atomic E-state index is 14.4. The summed E-state index contributed by atoms with van der Waals surface area (Å²) >= 11 is 9.43. The van der Waals surface area contributed by atoms with Gasteiger partial charge in [-0.3, -0.25) is 0 Å². The summed E-state index contributed by atoms with van der Waals surface area (Å²) in [5.41, 5.74) is 2.51. The minimum Gasteiger partial charge on any atom is -0.493 e. The van der Waals surface area contributed by atoms with Crippen LogP contribution in [0.25, 0.3) is 0 Å². The Hall–Kier alpha value is -1.10. The average Bonchev–Trinajstić information content (AvgIpc) is 2.92. The van der Waals surface area contributed by atoms with Gasteiger partial charge in [0.1, 0.15) is 11.6 Å². The maximum Gasteiger partial charge on any atom is 0.142 e. The zero-order valence-electron chi connectivity index (χ0n) is 11.4. The highest BCUT2D eigenvalue weighted by molar-refractivity contribution is 9.10. The number of fused-ring (bicyclic) bond motifs is 1. The molecule has 2 aromatic rings. The van der Waals surface area contributed by atoms with Gasteiger partial charge in [-0.15, -0.1) is 0 Å². The first kappa shape index (κ1) is 14.8. The van der Waals surface area contributed by atoms with Crippen molar-refractivity contribution in [1.82, 2.24) is 5.32 Å². The Morgan fingerprint density at radius 1 is 1.33 bits per heavy atom. The van der Waals surface area contributed by atoms with Crippen molar-refractivity contribution in [2.45, 2.75) is 12.5 Å². The molecule has 110 valence electrons. The first-order chi connectivity index (χ1) is 10.1. The molecule has 0 saturated carbocycles. The van der Waals surface area contributed by atoms with Crippen LogP contribution in [0.15, 0.2) is 34.8 Å². The summed E-state index contributed by atoms with van der Waals surface area (Å²) in [6, 6.07) is 8.71. The lowest BCUT2D eigenvalue weighted by atomic mass is 9.95. The van der Waals surface area contributed by atoms with E-state index in [1.807, 2.05) is 18.2 Å². The molecule has 0 radical (unpaired) electrons. The largest absolute Gasteiger partial charge is 0.493 e. The maximum absolute atomic E-state index is 14.4. The molecule has 1 aliphatic rings. The lowest BCUT2D eigenvalue weighted by molar-refractivity contribution is 0.350. The van der Waals surface area contributed by atoms with Crippen LogP contribution in [0.2, 0.25) is 5.02 Å². The SMILES string of the molecule is CNC(c1cccc(Br)c1F)c1cc(Cl)cc2c1OCC2. The molecule has 0 amide bonds. The van der Waals surface area contributed by atoms with Gasteiger partial charge in [0.25, 0.3) is 0 Å². The molecule has 2 aromatic carbocycles. The van der Waals surface area contributed by atoms with Gasteiger partial charge in [0.2, 0.25) is 0 Å². The van der Waals surface area contributed by atoms with Crippen LogP contribution in [-0.2, 0) is 6.42 Å². The number of hydrogen-bond acceptors (Lipinski definition) is 2. The van der Waals surface area contributed by atoms with E-state index in [9.17, 15) is 4.39 Å². The molecular weight excluding hydrogens is 357 g/mol. The van der Waals surface area contributed by atoms with Gasteiger partial charge in [0.15, 0.2) is 0 Å². The van der Waals surface area contributed by atoms with Gasteiger partial charge in [-0.1, -0.05) is 23.7 Å². The lowest BCUT2D eigenvalue weighted by Crippen LogP contribution is -2.20. The number of rotatable bonds is 3. The molecule has 1 heterocycles. The summed E-state index contributed by atoms with van der Waals surface area (Å²) in [5.74, 6) is 0.543. The molecular formula is C16H14BrClFNO. The van der Waals surface area contributed by atoms with E-state index in [4.69, 9.17) is 16.3 Å². The fraction of sp³-hybridized carbons (Fsp3) is 0.250. The number of benzene rings is 2. The molecule has 0 bridgehead atoms. The zero-order valence-corrected chi connectivity index (χ0v) is 13.8. The summed E-state index contributed by atoms with van der Waals surface area (Å²) in [5, 5.41) is 3.80. The first-order valence-corrected chi connectivity index (χ1v) is 7.85. The number of hydrogen-bond donors (Lipinski definition) is 1. The van der Waals surface area contributed by atoms with Crippen molar-refractivity contribution in [3.05, 3.63) is 62.3 Å². The topological polar surface area (TPSA) is 21.3 Å². The van der Waals surface area contributed by atoms with Crippen LogP contribution in [0.4, 0.5) is 4.39 Å². The standard InChI is InChI=1S/C16H14BrClFNO/c1-20-15(11-3-2-4-13(17)14(11)19)12-8-10(18)7-9-5-6-21-16(9)12/h2-4,7-8,15,20H,5-6H2,1H3. The second kappa shape index (κ2) is 5.95. The third-order valence-corrected chi connectivity index (χ3v) is 4.50. The Balaban J connectivity index is 2.15. The van der Waals surface area contributed by atoms with Gasteiger partial charge in [0.05, 0.1) is 17.1 Å². The number of halogens is 3. The van der Waals surface area contributed by atoms with Crippen LogP contribution >= 0.6 is 27.5 Å². The third kappa shape index (κ3) is 2.68. The monoisotopic (exact) mass is 369 g/mol. The highest BCUT2D eigenvalue weighted by atomic mass is 79.9. The second-order valence-electron chi connectivity index (χ2n) is 4.95. The molecule has 1 N–H and O–H groups in total. The molecule has 5 heteroatoms. The van der Waals surface area contributed by atoms with Crippen LogP contribution in [0.3, 0.4) is 0 Å². The van der Waals surface area contributed by atoms with Crippen molar-refractivity contribution in [3.8, 4) is 5.75 Å². The fourth-order valence-electron chi connectivity index (χ4n) is 2.73. The van der Waals surface area contributed by atoms with E-state index >= 15 is 0 Å². The van der Waals surface area contributed by atoms with Crippen LogP contribution in [0, 0.1) is 5.82 Å².